The van der Waals surface area contributed by atoms with Crippen molar-refractivity contribution < 1.29 is 4.74 Å². The molecule has 2 rings (SSSR count). The summed E-state index contributed by atoms with van der Waals surface area (Å²) < 4.78 is 7.35. The highest BCUT2D eigenvalue weighted by molar-refractivity contribution is 5.28. The van der Waals surface area contributed by atoms with Crippen molar-refractivity contribution in [3.05, 3.63) is 48.8 Å². The summed E-state index contributed by atoms with van der Waals surface area (Å²) in [5.41, 5.74) is 0. The second-order valence-corrected chi connectivity index (χ2v) is 2.82. The summed E-state index contributed by atoms with van der Waals surface area (Å²) in [6.45, 7) is 0. The van der Waals surface area contributed by atoms with Crippen LogP contribution in [0.4, 0.5) is 0 Å². The maximum absolute atomic E-state index is 5.52. The average molecular weight is 172 g/mol. The molecular formula is C11H10NO. The zero-order valence-electron chi connectivity index (χ0n) is 7.40. The van der Waals surface area contributed by atoms with Crippen molar-refractivity contribution in [2.75, 3.05) is 0 Å². The van der Waals surface area contributed by atoms with Crippen LogP contribution in [-0.2, 0) is 7.05 Å². The highest BCUT2D eigenvalue weighted by atomic mass is 16.5. The summed E-state index contributed by atoms with van der Waals surface area (Å²) in [7, 11) is 1.91. The van der Waals surface area contributed by atoms with Gasteiger partial charge in [0.2, 0.25) is 0 Å². The number of hydrogen-bond acceptors (Lipinski definition) is 1. The first-order valence-electron chi connectivity index (χ1n) is 4.12. The Morgan fingerprint density at radius 3 is 2.54 bits per heavy atom. The Balaban J connectivity index is 2.15. The van der Waals surface area contributed by atoms with Gasteiger partial charge in [0, 0.05) is 13.2 Å². The number of para-hydroxylation sites is 1. The van der Waals surface area contributed by atoms with E-state index >= 15 is 0 Å². The lowest BCUT2D eigenvalue weighted by Crippen LogP contribution is -1.82. The third kappa shape index (κ3) is 1.90. The Hall–Kier alpha value is -1.70. The van der Waals surface area contributed by atoms with Crippen molar-refractivity contribution in [3.8, 4) is 11.5 Å². The van der Waals surface area contributed by atoms with Crippen molar-refractivity contribution in [1.82, 2.24) is 4.57 Å². The molecular weight excluding hydrogens is 162 g/mol. The van der Waals surface area contributed by atoms with E-state index in [-0.39, 0.29) is 0 Å². The van der Waals surface area contributed by atoms with Gasteiger partial charge in [0.05, 0.1) is 0 Å². The first-order chi connectivity index (χ1) is 6.34. The normalized spacial score (nSPS) is 9.92. The summed E-state index contributed by atoms with van der Waals surface area (Å²) in [5.74, 6) is 1.58. The van der Waals surface area contributed by atoms with E-state index in [4.69, 9.17) is 4.74 Å². The second kappa shape index (κ2) is 3.35. The van der Waals surface area contributed by atoms with Gasteiger partial charge in [-0.05, 0) is 18.2 Å². The molecule has 0 fully saturated rings. The molecule has 1 aromatic carbocycles. The summed E-state index contributed by atoms with van der Waals surface area (Å²) >= 11 is 0. The lowest BCUT2D eigenvalue weighted by Gasteiger charge is -2.00. The van der Waals surface area contributed by atoms with Gasteiger partial charge in [-0.2, -0.15) is 0 Å². The third-order valence-electron chi connectivity index (χ3n) is 1.71. The smallest absolute Gasteiger partial charge is 0.154 e. The molecule has 2 aromatic rings. The van der Waals surface area contributed by atoms with Crippen molar-refractivity contribution >= 4 is 0 Å². The van der Waals surface area contributed by atoms with Crippen LogP contribution in [0.5, 0.6) is 11.5 Å². The first-order valence-corrected chi connectivity index (χ1v) is 4.12. The molecule has 0 saturated heterocycles. The van der Waals surface area contributed by atoms with Crippen molar-refractivity contribution in [3.63, 3.8) is 0 Å². The molecule has 2 heteroatoms. The lowest BCUT2D eigenvalue weighted by molar-refractivity contribution is 0.481. The molecule has 1 heterocycles. The third-order valence-corrected chi connectivity index (χ3v) is 1.71. The SMILES string of the molecule is Cn1[c]c(Oc2ccccc2)cc1. The van der Waals surface area contributed by atoms with E-state index in [1.54, 1.807) is 0 Å². The van der Waals surface area contributed by atoms with Gasteiger partial charge in [-0.15, -0.1) is 0 Å². The van der Waals surface area contributed by atoms with Crippen molar-refractivity contribution in [1.29, 1.82) is 0 Å². The number of aryl methyl sites for hydroxylation is 1. The van der Waals surface area contributed by atoms with Crippen molar-refractivity contribution in [2.45, 2.75) is 0 Å². The average Bonchev–Trinajstić information content (AvgIpc) is 2.53. The number of rotatable bonds is 2. The maximum atomic E-state index is 5.52. The van der Waals surface area contributed by atoms with E-state index in [2.05, 4.69) is 6.20 Å². The van der Waals surface area contributed by atoms with Crippen LogP contribution in [0.25, 0.3) is 0 Å². The number of benzene rings is 1. The number of hydrogen-bond donors (Lipinski definition) is 0. The molecule has 0 aliphatic rings. The maximum Gasteiger partial charge on any atom is 0.154 e. The molecule has 0 unspecified atom stereocenters. The summed E-state index contributed by atoms with van der Waals surface area (Å²) in [4.78, 5) is 0. The molecule has 2 nitrogen and oxygen atoms in total. The quantitative estimate of drug-likeness (QED) is 0.679. The summed E-state index contributed by atoms with van der Waals surface area (Å²) in [6, 6.07) is 11.6. The lowest BCUT2D eigenvalue weighted by atomic mass is 10.3. The molecule has 1 radical (unpaired) electrons. The standard InChI is InChI=1S/C11H10NO/c1-12-8-7-11(9-12)13-10-5-3-2-4-6-10/h2-8H,1H3. The topological polar surface area (TPSA) is 14.2 Å². The van der Waals surface area contributed by atoms with E-state index < -0.39 is 0 Å². The fourth-order valence-corrected chi connectivity index (χ4v) is 1.10. The predicted molar refractivity (Wildman–Crippen MR) is 50.8 cm³/mol. The molecule has 0 aliphatic heterocycles. The van der Waals surface area contributed by atoms with Crippen LogP contribution in [0.1, 0.15) is 0 Å². The Labute approximate surface area is 77.4 Å². The van der Waals surface area contributed by atoms with E-state index in [0.717, 1.165) is 11.5 Å². The Morgan fingerprint density at radius 1 is 1.15 bits per heavy atom. The van der Waals surface area contributed by atoms with Gasteiger partial charge in [-0.1, -0.05) is 18.2 Å². The molecule has 0 aliphatic carbocycles. The van der Waals surface area contributed by atoms with Gasteiger partial charge < -0.3 is 9.30 Å². The minimum Gasteiger partial charge on any atom is -0.455 e. The van der Waals surface area contributed by atoms with Gasteiger partial charge in [0.15, 0.2) is 5.75 Å². The van der Waals surface area contributed by atoms with Crippen molar-refractivity contribution in [2.24, 2.45) is 7.05 Å². The Morgan fingerprint density at radius 2 is 1.92 bits per heavy atom. The highest BCUT2D eigenvalue weighted by Crippen LogP contribution is 2.19. The predicted octanol–water partition coefficient (Wildman–Crippen LogP) is 2.62. The van der Waals surface area contributed by atoms with Gasteiger partial charge in [0.1, 0.15) is 11.9 Å². The molecule has 0 amide bonds. The number of ether oxygens (including phenoxy) is 1. The second-order valence-electron chi connectivity index (χ2n) is 2.82. The van der Waals surface area contributed by atoms with E-state index in [9.17, 15) is 0 Å². The van der Waals surface area contributed by atoms with Crippen LogP contribution in [0.2, 0.25) is 0 Å². The van der Waals surface area contributed by atoms with Gasteiger partial charge >= 0.3 is 0 Å². The van der Waals surface area contributed by atoms with E-state index in [1.165, 1.54) is 0 Å². The van der Waals surface area contributed by atoms with Crippen LogP contribution in [0.15, 0.2) is 42.6 Å². The fourth-order valence-electron chi connectivity index (χ4n) is 1.10. The molecule has 0 spiro atoms. The Bertz CT molecular complexity index is 378. The largest absolute Gasteiger partial charge is 0.455 e. The van der Waals surface area contributed by atoms with Crippen LogP contribution < -0.4 is 4.74 Å². The molecule has 1 aromatic heterocycles. The van der Waals surface area contributed by atoms with Crippen LogP contribution in [0, 0.1) is 6.20 Å². The van der Waals surface area contributed by atoms with E-state index in [0.29, 0.717) is 0 Å². The van der Waals surface area contributed by atoms with E-state index in [1.807, 2.05) is 54.2 Å². The first kappa shape index (κ1) is 7.92. The number of nitrogens with zero attached hydrogens (tertiary/aromatic N) is 1. The van der Waals surface area contributed by atoms with Gasteiger partial charge in [0.25, 0.3) is 0 Å². The molecule has 0 saturated carbocycles. The zero-order chi connectivity index (χ0) is 9.10. The van der Waals surface area contributed by atoms with Crippen LogP contribution >= 0.6 is 0 Å². The fraction of sp³-hybridized carbons (Fsp3) is 0.0909. The van der Waals surface area contributed by atoms with Gasteiger partial charge in [-0.25, -0.2) is 0 Å². The van der Waals surface area contributed by atoms with Crippen LogP contribution in [0.3, 0.4) is 0 Å². The summed E-state index contributed by atoms with van der Waals surface area (Å²) in [5, 5.41) is 0. The molecule has 13 heavy (non-hydrogen) atoms. The summed E-state index contributed by atoms with van der Waals surface area (Å²) in [6.07, 6.45) is 4.92. The molecule has 0 N–H and O–H groups in total. The van der Waals surface area contributed by atoms with Gasteiger partial charge in [-0.3, -0.25) is 0 Å². The minimum atomic E-state index is 0.744. The minimum absolute atomic E-state index is 0.744. The van der Waals surface area contributed by atoms with Crippen LogP contribution in [-0.4, -0.2) is 4.57 Å². The zero-order valence-corrected chi connectivity index (χ0v) is 7.40. The monoisotopic (exact) mass is 172 g/mol. The molecule has 0 bridgehead atoms. The molecule has 65 valence electrons. The highest BCUT2D eigenvalue weighted by Gasteiger charge is 1.96. The Kier molecular flexibility index (Phi) is 2.04. The molecule has 0 atom stereocenters. The number of aromatic nitrogens is 1.